The van der Waals surface area contributed by atoms with Crippen LogP contribution in [0.25, 0.3) is 0 Å². The zero-order valence-corrected chi connectivity index (χ0v) is 14.3. The molecule has 0 aromatic heterocycles. The molecule has 1 atom stereocenters. The average molecular weight is 350 g/mol. The predicted molar refractivity (Wildman–Crippen MR) is 97.5 cm³/mol. The van der Waals surface area contributed by atoms with E-state index in [9.17, 15) is 9.90 Å². The number of benzene rings is 2. The number of hydrogen-bond donors (Lipinski definition) is 3. The van der Waals surface area contributed by atoms with Crippen molar-refractivity contribution in [3.63, 3.8) is 0 Å². The Morgan fingerprint density at radius 2 is 1.46 bits per heavy atom. The van der Waals surface area contributed by atoms with Gasteiger partial charge >= 0.3 is 5.97 Å². The van der Waals surface area contributed by atoms with Gasteiger partial charge in [-0.3, -0.25) is 4.79 Å². The Labute approximate surface area is 148 Å². The molecule has 24 heavy (non-hydrogen) atoms. The summed E-state index contributed by atoms with van der Waals surface area (Å²) >= 11 is 0. The lowest BCUT2D eigenvalue weighted by atomic mass is 9.85. The van der Waals surface area contributed by atoms with Crippen LogP contribution in [0.4, 0.5) is 0 Å². The van der Waals surface area contributed by atoms with Gasteiger partial charge in [0, 0.05) is 5.92 Å². The second-order valence-corrected chi connectivity index (χ2v) is 5.89. The summed E-state index contributed by atoms with van der Waals surface area (Å²) in [6, 6.07) is 20.3. The molecule has 2 rings (SSSR count). The minimum Gasteiger partial charge on any atom is -0.480 e. The Hall–Kier alpha value is -1.88. The van der Waals surface area contributed by atoms with Crippen molar-refractivity contribution in [3.05, 3.63) is 71.8 Å². The first-order chi connectivity index (χ1) is 11.1. The van der Waals surface area contributed by atoms with Crippen molar-refractivity contribution in [1.82, 2.24) is 0 Å². The van der Waals surface area contributed by atoms with Gasteiger partial charge < -0.3 is 15.9 Å². The first-order valence-electron chi connectivity index (χ1n) is 7.80. The monoisotopic (exact) mass is 349 g/mol. The van der Waals surface area contributed by atoms with E-state index >= 15 is 0 Å². The molecule has 2 aromatic rings. The van der Waals surface area contributed by atoms with Crippen molar-refractivity contribution in [3.8, 4) is 0 Å². The van der Waals surface area contributed by atoms with Gasteiger partial charge in [0.15, 0.2) is 0 Å². The van der Waals surface area contributed by atoms with E-state index in [-0.39, 0.29) is 24.7 Å². The van der Waals surface area contributed by atoms with Gasteiger partial charge in [0.05, 0.1) is 6.61 Å². The van der Waals surface area contributed by atoms with Crippen LogP contribution in [0.5, 0.6) is 0 Å². The summed E-state index contributed by atoms with van der Waals surface area (Å²) in [5.74, 6) is -0.967. The molecule has 0 spiro atoms. The Kier molecular flexibility index (Phi) is 7.92. The van der Waals surface area contributed by atoms with Crippen LogP contribution in [0, 0.1) is 0 Å². The van der Waals surface area contributed by atoms with E-state index in [0.717, 1.165) is 6.42 Å². The number of carboxylic acid groups (broad SMARTS) is 1. The van der Waals surface area contributed by atoms with Crippen LogP contribution < -0.4 is 5.73 Å². The molecular weight excluding hydrogens is 326 g/mol. The van der Waals surface area contributed by atoms with Gasteiger partial charge in [-0.1, -0.05) is 60.7 Å². The zero-order chi connectivity index (χ0) is 16.7. The van der Waals surface area contributed by atoms with Crippen LogP contribution in [0.1, 0.15) is 36.3 Å². The molecule has 5 heteroatoms. The minimum atomic E-state index is -1.56. The van der Waals surface area contributed by atoms with Crippen molar-refractivity contribution in [2.24, 2.45) is 5.73 Å². The lowest BCUT2D eigenvalue weighted by Gasteiger charge is -2.24. The molecule has 4 nitrogen and oxygen atoms in total. The maximum absolute atomic E-state index is 11.2. The fraction of sp³-hybridized carbons (Fsp3) is 0.316. The average Bonchev–Trinajstić information content (AvgIpc) is 2.60. The summed E-state index contributed by atoms with van der Waals surface area (Å²) in [6.45, 7) is -0.552. The van der Waals surface area contributed by atoms with Gasteiger partial charge in [-0.05, 0) is 30.4 Å². The Bertz CT molecular complexity index is 582. The van der Waals surface area contributed by atoms with Crippen LogP contribution in [-0.4, -0.2) is 28.3 Å². The van der Waals surface area contributed by atoms with Gasteiger partial charge in [-0.25, -0.2) is 0 Å². The second-order valence-electron chi connectivity index (χ2n) is 5.89. The molecule has 0 saturated heterocycles. The number of aliphatic carboxylic acids is 1. The highest BCUT2D eigenvalue weighted by Crippen LogP contribution is 2.30. The minimum absolute atomic E-state index is 0. The van der Waals surface area contributed by atoms with E-state index in [1.54, 1.807) is 0 Å². The number of aliphatic hydroxyl groups excluding tert-OH is 1. The third-order valence-corrected chi connectivity index (χ3v) is 4.23. The normalized spacial score (nSPS) is 13.1. The van der Waals surface area contributed by atoms with E-state index < -0.39 is 18.1 Å². The molecule has 0 amide bonds. The van der Waals surface area contributed by atoms with Crippen molar-refractivity contribution in [2.75, 3.05) is 6.61 Å². The number of hydrogen-bond acceptors (Lipinski definition) is 3. The fourth-order valence-electron chi connectivity index (χ4n) is 2.77. The van der Waals surface area contributed by atoms with E-state index in [1.807, 2.05) is 36.4 Å². The molecule has 1 unspecified atom stereocenters. The number of halogens is 1. The van der Waals surface area contributed by atoms with Crippen LogP contribution in [-0.2, 0) is 4.79 Å². The van der Waals surface area contributed by atoms with Crippen LogP contribution >= 0.6 is 12.4 Å². The highest BCUT2D eigenvalue weighted by Gasteiger charge is 2.32. The molecule has 0 aliphatic carbocycles. The summed E-state index contributed by atoms with van der Waals surface area (Å²) in [4.78, 5) is 11.2. The van der Waals surface area contributed by atoms with Gasteiger partial charge in [-0.2, -0.15) is 0 Å². The smallest absolute Gasteiger partial charge is 0.326 e. The predicted octanol–water partition coefficient (Wildman–Crippen LogP) is 3.19. The van der Waals surface area contributed by atoms with Crippen LogP contribution in [0.15, 0.2) is 60.7 Å². The van der Waals surface area contributed by atoms with Crippen LogP contribution in [0.2, 0.25) is 0 Å². The second kappa shape index (κ2) is 9.42. The topological polar surface area (TPSA) is 83.5 Å². The third kappa shape index (κ3) is 5.06. The fourth-order valence-corrected chi connectivity index (χ4v) is 2.77. The number of rotatable bonds is 8. The Morgan fingerprint density at radius 1 is 1.00 bits per heavy atom. The van der Waals surface area contributed by atoms with Gasteiger partial charge in [0.1, 0.15) is 5.54 Å². The van der Waals surface area contributed by atoms with E-state index in [0.29, 0.717) is 6.42 Å². The Morgan fingerprint density at radius 3 is 1.83 bits per heavy atom. The largest absolute Gasteiger partial charge is 0.480 e. The standard InChI is InChI=1S/C19H23NO3.ClH/c20-19(14-21,18(22)23)13-7-12-17(15-8-3-1-4-9-15)16-10-5-2-6-11-16;/h1-6,8-11,17,21H,7,12-14,20H2,(H,22,23);1H. The third-order valence-electron chi connectivity index (χ3n) is 4.23. The maximum atomic E-state index is 11.2. The first-order valence-corrected chi connectivity index (χ1v) is 7.80. The molecule has 4 N–H and O–H groups in total. The number of aliphatic hydroxyl groups is 1. The van der Waals surface area contributed by atoms with E-state index in [4.69, 9.17) is 10.8 Å². The Balaban J connectivity index is 0.00000288. The van der Waals surface area contributed by atoms with Crippen molar-refractivity contribution >= 4 is 18.4 Å². The summed E-state index contributed by atoms with van der Waals surface area (Å²) in [5, 5.41) is 18.4. The summed E-state index contributed by atoms with van der Waals surface area (Å²) in [6.07, 6.45) is 1.65. The highest BCUT2D eigenvalue weighted by molar-refractivity contribution is 5.85. The van der Waals surface area contributed by atoms with Gasteiger partial charge in [0.2, 0.25) is 0 Å². The SMILES string of the molecule is Cl.NC(CO)(CCCC(c1ccccc1)c1ccccc1)C(=O)O. The molecular formula is C19H24ClNO3. The molecule has 2 aromatic carbocycles. The lowest BCUT2D eigenvalue weighted by Crippen LogP contribution is -2.51. The quantitative estimate of drug-likeness (QED) is 0.683. The molecule has 0 aliphatic rings. The van der Waals surface area contributed by atoms with Gasteiger partial charge in [0.25, 0.3) is 0 Å². The van der Waals surface area contributed by atoms with E-state index in [1.165, 1.54) is 11.1 Å². The summed E-state index contributed by atoms with van der Waals surface area (Å²) < 4.78 is 0. The summed E-state index contributed by atoms with van der Waals surface area (Å²) in [5.41, 5.74) is 6.59. The maximum Gasteiger partial charge on any atom is 0.326 e. The molecule has 0 bridgehead atoms. The lowest BCUT2D eigenvalue weighted by molar-refractivity contribution is -0.145. The van der Waals surface area contributed by atoms with Gasteiger partial charge in [-0.15, -0.1) is 12.4 Å². The molecule has 0 saturated carbocycles. The number of carbonyl (C=O) groups is 1. The molecule has 0 heterocycles. The highest BCUT2D eigenvalue weighted by atomic mass is 35.5. The van der Waals surface area contributed by atoms with E-state index in [2.05, 4.69) is 24.3 Å². The number of carboxylic acids is 1. The summed E-state index contributed by atoms with van der Waals surface area (Å²) in [7, 11) is 0. The van der Waals surface area contributed by atoms with Crippen molar-refractivity contribution in [2.45, 2.75) is 30.7 Å². The van der Waals surface area contributed by atoms with Crippen molar-refractivity contribution in [1.29, 1.82) is 0 Å². The first kappa shape index (κ1) is 20.2. The van der Waals surface area contributed by atoms with Crippen molar-refractivity contribution < 1.29 is 15.0 Å². The molecule has 0 aliphatic heterocycles. The molecule has 0 fully saturated rings. The zero-order valence-electron chi connectivity index (χ0n) is 13.5. The molecule has 0 radical (unpaired) electrons. The number of nitrogens with two attached hydrogens (primary N) is 1. The van der Waals surface area contributed by atoms with Crippen LogP contribution in [0.3, 0.4) is 0 Å². The molecule has 130 valence electrons.